The number of amides is 3. The van der Waals surface area contributed by atoms with Crippen molar-refractivity contribution in [3.05, 3.63) is 23.9 Å². The Morgan fingerprint density at radius 1 is 1.20 bits per heavy atom. The van der Waals surface area contributed by atoms with E-state index in [0.717, 1.165) is 5.01 Å². The number of carbonyl (C=O) groups is 2. The molecule has 0 unspecified atom stereocenters. The van der Waals surface area contributed by atoms with Gasteiger partial charge in [-0.15, -0.1) is 0 Å². The van der Waals surface area contributed by atoms with Crippen molar-refractivity contribution in [2.24, 2.45) is 0 Å². The average Bonchev–Trinajstić information content (AvgIpc) is 2.41. The molecule has 0 radical (unpaired) electrons. The van der Waals surface area contributed by atoms with Gasteiger partial charge >= 0.3 is 6.03 Å². The van der Waals surface area contributed by atoms with Gasteiger partial charge in [0.1, 0.15) is 0 Å². The number of rotatable bonds is 3. The topological polar surface area (TPSA) is 61.4 Å². The second-order valence-electron chi connectivity index (χ2n) is 3.46. The molecule has 0 aliphatic carbocycles. The van der Waals surface area contributed by atoms with Crippen LogP contribution in [-0.4, -0.2) is 24.0 Å². The molecule has 0 fully saturated rings. The lowest BCUT2D eigenvalue weighted by atomic mass is 10.3. The van der Waals surface area contributed by atoms with Crippen molar-refractivity contribution in [2.45, 2.75) is 54.9 Å². The Kier molecular flexibility index (Phi) is 20.4. The second-order valence-corrected chi connectivity index (χ2v) is 3.46. The highest BCUT2D eigenvalue weighted by molar-refractivity contribution is 5.93. The first kappa shape index (κ1) is 23.5. The van der Waals surface area contributed by atoms with Gasteiger partial charge in [0.05, 0.1) is 0 Å². The van der Waals surface area contributed by atoms with E-state index in [0.29, 0.717) is 5.70 Å². The van der Waals surface area contributed by atoms with Gasteiger partial charge in [0.2, 0.25) is 5.91 Å². The summed E-state index contributed by atoms with van der Waals surface area (Å²) in [6, 6.07) is -0.504. The van der Waals surface area contributed by atoms with Crippen molar-refractivity contribution >= 4 is 11.9 Å². The first-order chi connectivity index (χ1) is 9.48. The fourth-order valence-corrected chi connectivity index (χ4v) is 0.971. The number of nitrogens with zero attached hydrogens (tertiary/aromatic N) is 1. The summed E-state index contributed by atoms with van der Waals surface area (Å²) in [6.45, 7) is 13.2. The molecule has 2 N–H and O–H groups in total. The van der Waals surface area contributed by atoms with E-state index in [4.69, 9.17) is 0 Å². The molecule has 0 rings (SSSR count). The van der Waals surface area contributed by atoms with Gasteiger partial charge < -0.3 is 5.32 Å². The number of hydrogen-bond acceptors (Lipinski definition) is 3. The summed E-state index contributed by atoms with van der Waals surface area (Å²) in [6.07, 6.45) is 6.53. The maximum atomic E-state index is 11.5. The first-order valence-electron chi connectivity index (χ1n) is 7.06. The summed E-state index contributed by atoms with van der Waals surface area (Å²) in [5, 5.41) is 3.47. The van der Waals surface area contributed by atoms with Crippen LogP contribution in [0.3, 0.4) is 0 Å². The van der Waals surface area contributed by atoms with Gasteiger partial charge in [-0.05, 0) is 19.9 Å². The van der Waals surface area contributed by atoms with Gasteiger partial charge in [-0.2, -0.15) is 5.01 Å². The minimum absolute atomic E-state index is 0. The van der Waals surface area contributed by atoms with Crippen LogP contribution in [0.25, 0.3) is 0 Å². The molecule has 0 heterocycles. The number of nitrogens with one attached hydrogen (secondary N) is 2. The van der Waals surface area contributed by atoms with Crippen LogP contribution in [0.1, 0.15) is 57.7 Å². The Morgan fingerprint density at radius 3 is 1.90 bits per heavy atom. The Bertz CT molecular complexity index is 320. The van der Waals surface area contributed by atoms with E-state index < -0.39 is 6.03 Å². The lowest BCUT2D eigenvalue weighted by Crippen LogP contribution is -2.48. The van der Waals surface area contributed by atoms with Crippen LogP contribution in [-0.2, 0) is 4.79 Å². The molecule has 0 saturated heterocycles. The Morgan fingerprint density at radius 2 is 1.65 bits per heavy atom. The summed E-state index contributed by atoms with van der Waals surface area (Å²) in [4.78, 5) is 22.5. The Labute approximate surface area is 127 Å². The van der Waals surface area contributed by atoms with Gasteiger partial charge in [0.15, 0.2) is 0 Å². The summed E-state index contributed by atoms with van der Waals surface area (Å²) in [5.41, 5.74) is 3.14. The van der Waals surface area contributed by atoms with E-state index in [-0.39, 0.29) is 8.76 Å². The molecule has 0 aromatic carbocycles. The van der Waals surface area contributed by atoms with E-state index in [1.807, 2.05) is 20.8 Å². The molecular formula is C15H35N3O2. The molecule has 3 amide bonds. The molecule has 0 aromatic heterocycles. The minimum Gasteiger partial charge on any atom is -0.307 e. The summed E-state index contributed by atoms with van der Waals surface area (Å²) in [7, 11) is 1.51. The summed E-state index contributed by atoms with van der Waals surface area (Å²) in [5.74, 6) is -0.370. The number of carbonyl (C=O) groups excluding carboxylic acids is 2. The largest absolute Gasteiger partial charge is 0.343 e. The molecule has 0 bridgehead atoms. The number of imide groups is 1. The van der Waals surface area contributed by atoms with Crippen molar-refractivity contribution in [2.75, 3.05) is 7.05 Å². The van der Waals surface area contributed by atoms with Crippen LogP contribution in [0.5, 0.6) is 0 Å². The maximum Gasteiger partial charge on any atom is 0.343 e. The Balaban J connectivity index is -0.000000122. The Hall–Kier alpha value is -1.62. The third kappa shape index (κ3) is 12.8. The van der Waals surface area contributed by atoms with Gasteiger partial charge in [-0.1, -0.05) is 46.3 Å². The van der Waals surface area contributed by atoms with E-state index >= 15 is 0 Å². The quantitative estimate of drug-likeness (QED) is 0.607. The van der Waals surface area contributed by atoms with E-state index in [1.165, 1.54) is 20.4 Å². The van der Waals surface area contributed by atoms with Crippen LogP contribution < -0.4 is 10.7 Å². The highest BCUT2D eigenvalue weighted by Gasteiger charge is 2.15. The summed E-state index contributed by atoms with van der Waals surface area (Å²) >= 11 is 0. The maximum absolute atomic E-state index is 11.5. The monoisotopic (exact) mass is 289 g/mol. The number of hydrazine groups is 1. The highest BCUT2D eigenvalue weighted by atomic mass is 16.2. The zero-order chi connectivity index (χ0) is 16.6. The van der Waals surface area contributed by atoms with E-state index in [9.17, 15) is 9.59 Å². The molecule has 0 spiro atoms. The second kappa shape index (κ2) is 17.4. The molecule has 5 heteroatoms. The average molecular weight is 289 g/mol. The lowest BCUT2D eigenvalue weighted by molar-refractivity contribution is -0.127. The van der Waals surface area contributed by atoms with Crippen LogP contribution in [0.2, 0.25) is 0 Å². The molecule has 0 aliphatic heterocycles. The van der Waals surface area contributed by atoms with Gasteiger partial charge in [-0.3, -0.25) is 4.79 Å². The van der Waals surface area contributed by atoms with E-state index in [2.05, 4.69) is 24.6 Å². The molecule has 5 nitrogen and oxygen atoms in total. The van der Waals surface area contributed by atoms with Gasteiger partial charge in [-0.25, -0.2) is 10.2 Å². The first-order valence-corrected chi connectivity index (χ1v) is 7.06. The molecule has 20 heavy (non-hydrogen) atoms. The summed E-state index contributed by atoms with van der Waals surface area (Å²) < 4.78 is 0. The molecule has 122 valence electrons. The van der Waals surface area contributed by atoms with Crippen LogP contribution in [0.4, 0.5) is 4.79 Å². The fourth-order valence-electron chi connectivity index (χ4n) is 0.971. The van der Waals surface area contributed by atoms with Crippen LogP contribution >= 0.6 is 0 Å². The normalized spacial score (nSPS) is 9.90. The minimum atomic E-state index is -0.504. The molecule has 0 saturated carbocycles. The van der Waals surface area contributed by atoms with Crippen molar-refractivity contribution in [3.63, 3.8) is 0 Å². The highest BCUT2D eigenvalue weighted by Crippen LogP contribution is 1.94. The van der Waals surface area contributed by atoms with E-state index in [1.54, 1.807) is 25.2 Å². The molecule has 0 aliphatic rings. The molecular weight excluding hydrogens is 254 g/mol. The number of urea groups is 1. The zero-order valence-corrected chi connectivity index (χ0v) is 14.2. The lowest BCUT2D eigenvalue weighted by Gasteiger charge is -2.18. The van der Waals surface area contributed by atoms with Crippen molar-refractivity contribution in [1.29, 1.82) is 0 Å². The molecule has 0 aromatic rings. The zero-order valence-electron chi connectivity index (χ0n) is 14.2. The fraction of sp³-hybridized carbons (Fsp3) is 0.600. The van der Waals surface area contributed by atoms with Crippen molar-refractivity contribution < 1.29 is 12.4 Å². The third-order valence-corrected chi connectivity index (χ3v) is 1.65. The van der Waals surface area contributed by atoms with Gasteiger partial charge in [0.25, 0.3) is 0 Å². The predicted octanol–water partition coefficient (Wildman–Crippen LogP) is 4.09. The van der Waals surface area contributed by atoms with Crippen molar-refractivity contribution in [3.8, 4) is 0 Å². The smallest absolute Gasteiger partial charge is 0.307 e. The predicted molar refractivity (Wildman–Crippen MR) is 90.2 cm³/mol. The standard InChI is InChI=1S/C10H17N3O2.C3H8.C2H6.2H2/c1-5-7-9(6-2)12-10(15)13(11-4)8(3)14;1-3-2;1-2;;/h5-7,11H,1-4H3,(H,12,15);3H2,1-2H3;1-2H3;2*1H/b7-5-,9-6+;;;;. The van der Waals surface area contributed by atoms with Crippen molar-refractivity contribution in [1.82, 2.24) is 15.8 Å². The third-order valence-electron chi connectivity index (χ3n) is 1.65. The number of allylic oxidation sites excluding steroid dienone is 3. The number of hydrogen-bond donors (Lipinski definition) is 2. The molecule has 0 atom stereocenters. The van der Waals surface area contributed by atoms with Crippen LogP contribution in [0.15, 0.2) is 23.9 Å². The van der Waals surface area contributed by atoms with Crippen LogP contribution in [0, 0.1) is 0 Å². The van der Waals surface area contributed by atoms with Gasteiger partial charge in [0, 0.05) is 22.5 Å². The SMILES string of the molecule is C/C=C\C(=C/C)NC(=O)N(NC)C(C)=O.CC.CCC.[HH].[HH].